The molecule has 0 aliphatic heterocycles. The van der Waals surface area contributed by atoms with E-state index in [0.29, 0.717) is 24.3 Å². The van der Waals surface area contributed by atoms with Crippen molar-refractivity contribution >= 4 is 18.6 Å². The van der Waals surface area contributed by atoms with Gasteiger partial charge in [0.05, 0.1) is 6.54 Å². The van der Waals surface area contributed by atoms with Crippen LogP contribution in [0.1, 0.15) is 5.56 Å². The smallest absolute Gasteiger partial charge is 0.246 e. The third-order valence-electron chi connectivity index (χ3n) is 2.89. The number of aromatic hydroxyl groups is 2. The van der Waals surface area contributed by atoms with E-state index in [1.54, 1.807) is 47.2 Å². The van der Waals surface area contributed by atoms with E-state index in [4.69, 9.17) is 0 Å². The molecule has 2 aromatic rings. The number of rotatable bonds is 5. The zero-order valence-corrected chi connectivity index (χ0v) is 11.1. The molecular weight excluding hydrogens is 252 g/mol. The van der Waals surface area contributed by atoms with Crippen LogP contribution in [-0.4, -0.2) is 40.8 Å². The molecule has 0 bridgehead atoms. The first-order valence-corrected chi connectivity index (χ1v) is 6.32. The highest BCUT2D eigenvalue weighted by molar-refractivity contribution is 5.83. The summed E-state index contributed by atoms with van der Waals surface area (Å²) >= 11 is 0. The Labute approximate surface area is 118 Å². The largest absolute Gasteiger partial charge is 0.507 e. The zero-order valence-electron chi connectivity index (χ0n) is 11.1. The molecule has 0 atom stereocenters. The standard InChI is InChI=1S/C16H16N2O2/c1-18(14-7-3-5-9-16(14)20)11-10-17-12-13-6-2-4-8-15(13)19/h2-9,12H,1,10-11H2,(H-,17,19,20)/p+1. The maximum Gasteiger partial charge on any atom is 0.246 e. The monoisotopic (exact) mass is 269 g/mol. The number of phenols is 2. The van der Waals surface area contributed by atoms with Gasteiger partial charge in [0.25, 0.3) is 0 Å². The van der Waals surface area contributed by atoms with Crippen LogP contribution in [0.3, 0.4) is 0 Å². The van der Waals surface area contributed by atoms with E-state index in [2.05, 4.69) is 11.7 Å². The number of hydrogen-bond acceptors (Lipinski definition) is 3. The number of para-hydroxylation sites is 3. The fraction of sp³-hybridized carbons (Fsp3) is 0.125. The van der Waals surface area contributed by atoms with Crippen molar-refractivity contribution < 1.29 is 14.8 Å². The van der Waals surface area contributed by atoms with Crippen molar-refractivity contribution in [1.29, 1.82) is 0 Å². The predicted octanol–water partition coefficient (Wildman–Crippen LogP) is 2.56. The van der Waals surface area contributed by atoms with Gasteiger partial charge in [-0.15, -0.1) is 0 Å². The molecule has 0 aromatic heterocycles. The molecule has 4 heteroatoms. The van der Waals surface area contributed by atoms with E-state index < -0.39 is 0 Å². The van der Waals surface area contributed by atoms with Gasteiger partial charge in [0.2, 0.25) is 5.69 Å². The number of aliphatic imine (C=N–C) groups is 1. The highest BCUT2D eigenvalue weighted by atomic mass is 16.3. The van der Waals surface area contributed by atoms with Gasteiger partial charge in [-0.05, 0) is 18.2 Å². The Balaban J connectivity index is 1.92. The van der Waals surface area contributed by atoms with Crippen molar-refractivity contribution in [2.75, 3.05) is 13.1 Å². The minimum absolute atomic E-state index is 0.201. The summed E-state index contributed by atoms with van der Waals surface area (Å²) in [6, 6.07) is 14.1. The average Bonchev–Trinajstić information content (AvgIpc) is 2.45. The van der Waals surface area contributed by atoms with E-state index in [0.717, 1.165) is 0 Å². The quantitative estimate of drug-likeness (QED) is 0.647. The molecule has 20 heavy (non-hydrogen) atoms. The number of nitrogens with zero attached hydrogens (tertiary/aromatic N) is 2. The third-order valence-corrected chi connectivity index (χ3v) is 2.89. The van der Waals surface area contributed by atoms with Gasteiger partial charge >= 0.3 is 0 Å². The number of phenolic OH excluding ortho intramolecular Hbond substituents is 2. The molecule has 2 rings (SSSR count). The lowest BCUT2D eigenvalue weighted by Gasteiger charge is -2.01. The summed E-state index contributed by atoms with van der Waals surface area (Å²) in [5.41, 5.74) is 1.36. The Morgan fingerprint density at radius 1 is 1.00 bits per heavy atom. The summed E-state index contributed by atoms with van der Waals surface area (Å²) in [7, 11) is 0. The second kappa shape index (κ2) is 6.52. The van der Waals surface area contributed by atoms with Crippen LogP contribution in [0.25, 0.3) is 0 Å². The molecule has 0 aliphatic carbocycles. The lowest BCUT2D eigenvalue weighted by atomic mass is 10.2. The molecule has 0 radical (unpaired) electrons. The first-order chi connectivity index (χ1) is 9.68. The van der Waals surface area contributed by atoms with Crippen molar-refractivity contribution in [2.24, 2.45) is 4.99 Å². The van der Waals surface area contributed by atoms with Crippen LogP contribution in [0, 0.1) is 0 Å². The minimum Gasteiger partial charge on any atom is -0.507 e. The molecule has 2 N–H and O–H groups in total. The molecule has 4 nitrogen and oxygen atoms in total. The van der Waals surface area contributed by atoms with Crippen molar-refractivity contribution in [3.63, 3.8) is 0 Å². The second-order valence-electron chi connectivity index (χ2n) is 4.35. The molecule has 0 saturated heterocycles. The summed E-state index contributed by atoms with van der Waals surface area (Å²) in [5, 5.41) is 19.3. The van der Waals surface area contributed by atoms with Crippen LogP contribution in [-0.2, 0) is 0 Å². The summed E-state index contributed by atoms with van der Waals surface area (Å²) in [5.74, 6) is 0.413. The van der Waals surface area contributed by atoms with Crippen molar-refractivity contribution in [2.45, 2.75) is 0 Å². The third kappa shape index (κ3) is 3.45. The Morgan fingerprint density at radius 3 is 2.35 bits per heavy atom. The molecule has 0 amide bonds. The summed E-state index contributed by atoms with van der Waals surface area (Å²) in [4.78, 5) is 4.25. The van der Waals surface area contributed by atoms with E-state index >= 15 is 0 Å². The highest BCUT2D eigenvalue weighted by Crippen LogP contribution is 2.23. The van der Waals surface area contributed by atoms with E-state index in [-0.39, 0.29) is 11.5 Å². The van der Waals surface area contributed by atoms with Crippen molar-refractivity contribution in [3.8, 4) is 11.5 Å². The summed E-state index contributed by atoms with van der Waals surface area (Å²) in [6.07, 6.45) is 1.63. The minimum atomic E-state index is 0.201. The molecule has 102 valence electrons. The fourth-order valence-corrected chi connectivity index (χ4v) is 1.79. The molecule has 2 aromatic carbocycles. The van der Waals surface area contributed by atoms with Crippen LogP contribution in [0.15, 0.2) is 53.5 Å². The fourth-order valence-electron chi connectivity index (χ4n) is 1.79. The second-order valence-corrected chi connectivity index (χ2v) is 4.35. The van der Waals surface area contributed by atoms with E-state index in [9.17, 15) is 10.2 Å². The molecule has 0 heterocycles. The predicted molar refractivity (Wildman–Crippen MR) is 80.6 cm³/mol. The van der Waals surface area contributed by atoms with Gasteiger partial charge in [0.1, 0.15) is 12.5 Å². The normalized spacial score (nSPS) is 10.8. The lowest BCUT2D eigenvalue weighted by molar-refractivity contribution is -0.428. The molecule has 0 fully saturated rings. The van der Waals surface area contributed by atoms with Crippen LogP contribution in [0.4, 0.5) is 5.69 Å². The van der Waals surface area contributed by atoms with Crippen LogP contribution in [0.5, 0.6) is 11.5 Å². The van der Waals surface area contributed by atoms with Gasteiger partial charge in [0.15, 0.2) is 12.3 Å². The first kappa shape index (κ1) is 13.8. The van der Waals surface area contributed by atoms with Gasteiger partial charge < -0.3 is 10.2 Å². The van der Waals surface area contributed by atoms with Crippen LogP contribution < -0.4 is 0 Å². The van der Waals surface area contributed by atoms with Crippen molar-refractivity contribution in [1.82, 2.24) is 0 Å². The lowest BCUT2D eigenvalue weighted by Crippen LogP contribution is -2.08. The molecule has 0 unspecified atom stereocenters. The van der Waals surface area contributed by atoms with E-state index in [1.807, 2.05) is 12.1 Å². The first-order valence-electron chi connectivity index (χ1n) is 6.32. The summed E-state index contributed by atoms with van der Waals surface area (Å²) < 4.78 is 1.69. The van der Waals surface area contributed by atoms with Crippen molar-refractivity contribution in [3.05, 3.63) is 54.1 Å². The molecule has 0 aliphatic rings. The average molecular weight is 269 g/mol. The van der Waals surface area contributed by atoms with Gasteiger partial charge in [-0.1, -0.05) is 24.3 Å². The SMILES string of the molecule is C=[N+](CCN=Cc1ccccc1O)c1ccccc1O. The Morgan fingerprint density at radius 2 is 1.65 bits per heavy atom. The Kier molecular flexibility index (Phi) is 4.50. The highest BCUT2D eigenvalue weighted by Gasteiger charge is 2.10. The number of hydrogen-bond donors (Lipinski definition) is 2. The van der Waals surface area contributed by atoms with Gasteiger partial charge in [0, 0.05) is 17.8 Å². The van der Waals surface area contributed by atoms with Gasteiger partial charge in [-0.2, -0.15) is 0 Å². The van der Waals surface area contributed by atoms with Crippen LogP contribution >= 0.6 is 0 Å². The van der Waals surface area contributed by atoms with Gasteiger partial charge in [-0.25, -0.2) is 4.58 Å². The topological polar surface area (TPSA) is 55.8 Å². The number of benzene rings is 2. The maximum absolute atomic E-state index is 9.70. The molecule has 0 saturated carbocycles. The Bertz CT molecular complexity index is 636. The van der Waals surface area contributed by atoms with E-state index in [1.165, 1.54) is 0 Å². The van der Waals surface area contributed by atoms with Gasteiger partial charge in [-0.3, -0.25) is 4.99 Å². The molecule has 0 spiro atoms. The molecular formula is C16H17N2O2+. The summed E-state index contributed by atoms with van der Waals surface area (Å²) in [6.45, 7) is 4.97. The zero-order chi connectivity index (χ0) is 14.4. The maximum atomic E-state index is 9.70. The van der Waals surface area contributed by atoms with Crippen LogP contribution in [0.2, 0.25) is 0 Å². The Hall–Kier alpha value is -2.62.